The molecule has 1 aliphatic rings. The van der Waals surface area contributed by atoms with Crippen LogP contribution in [-0.2, 0) is 9.59 Å². The minimum atomic E-state index is -1.41. The van der Waals surface area contributed by atoms with Gasteiger partial charge in [0.2, 0.25) is 0 Å². The summed E-state index contributed by atoms with van der Waals surface area (Å²) in [7, 11) is 0. The first-order valence-electron chi connectivity index (χ1n) is 6.91. The van der Waals surface area contributed by atoms with Crippen molar-refractivity contribution in [1.29, 1.82) is 0 Å². The third kappa shape index (κ3) is 5.46. The van der Waals surface area contributed by atoms with Gasteiger partial charge in [0.15, 0.2) is 0 Å². The number of nitrogens with one attached hydrogen (secondary N) is 2. The van der Waals surface area contributed by atoms with Crippen LogP contribution in [0.2, 0.25) is 0 Å². The molecule has 1 rings (SSSR count). The minimum absolute atomic E-state index is 0.0109. The highest BCUT2D eigenvalue weighted by molar-refractivity contribution is 5.86. The van der Waals surface area contributed by atoms with Crippen LogP contribution < -0.4 is 10.6 Å². The maximum absolute atomic E-state index is 11.8. The van der Waals surface area contributed by atoms with E-state index in [2.05, 4.69) is 17.6 Å². The molecule has 20 heavy (non-hydrogen) atoms. The Labute approximate surface area is 117 Å². The largest absolute Gasteiger partial charge is 0.481 e. The first kappa shape index (κ1) is 16.3. The third-order valence-corrected chi connectivity index (χ3v) is 3.66. The van der Waals surface area contributed by atoms with Crippen molar-refractivity contribution < 1.29 is 24.6 Å². The van der Waals surface area contributed by atoms with Crippen LogP contribution in [0.3, 0.4) is 0 Å². The molecule has 0 aromatic heterocycles. The zero-order chi connectivity index (χ0) is 15.1. The molecule has 2 unspecified atom stereocenters. The minimum Gasteiger partial charge on any atom is -0.481 e. The van der Waals surface area contributed by atoms with Gasteiger partial charge in [0.1, 0.15) is 6.04 Å². The Bertz CT molecular complexity index is 372. The summed E-state index contributed by atoms with van der Waals surface area (Å²) in [6, 6.07) is -2.01. The molecule has 0 aliphatic heterocycles. The zero-order valence-corrected chi connectivity index (χ0v) is 11.6. The van der Waals surface area contributed by atoms with Crippen molar-refractivity contribution in [2.24, 2.45) is 5.92 Å². The Kier molecular flexibility index (Phi) is 6.27. The van der Waals surface area contributed by atoms with Crippen LogP contribution in [0.4, 0.5) is 4.79 Å². The van der Waals surface area contributed by atoms with Gasteiger partial charge < -0.3 is 20.8 Å². The van der Waals surface area contributed by atoms with Gasteiger partial charge in [0, 0.05) is 6.04 Å². The van der Waals surface area contributed by atoms with Crippen LogP contribution in [0.1, 0.15) is 45.4 Å². The van der Waals surface area contributed by atoms with Gasteiger partial charge in [-0.05, 0) is 18.8 Å². The van der Waals surface area contributed by atoms with Gasteiger partial charge in [-0.3, -0.25) is 4.79 Å². The highest BCUT2D eigenvalue weighted by atomic mass is 16.4. The van der Waals surface area contributed by atoms with Gasteiger partial charge in [-0.2, -0.15) is 0 Å². The molecule has 0 saturated heterocycles. The molecule has 4 N–H and O–H groups in total. The molecule has 7 heteroatoms. The smallest absolute Gasteiger partial charge is 0.326 e. The lowest BCUT2D eigenvalue weighted by Gasteiger charge is -2.24. The van der Waals surface area contributed by atoms with Gasteiger partial charge in [-0.1, -0.05) is 26.2 Å². The highest BCUT2D eigenvalue weighted by Gasteiger charge is 2.26. The molecule has 7 nitrogen and oxygen atoms in total. The third-order valence-electron chi connectivity index (χ3n) is 3.66. The Morgan fingerprint density at radius 2 is 1.80 bits per heavy atom. The summed E-state index contributed by atoms with van der Waals surface area (Å²) in [4.78, 5) is 33.2. The number of amides is 2. The summed E-state index contributed by atoms with van der Waals surface area (Å²) < 4.78 is 0. The fourth-order valence-corrected chi connectivity index (χ4v) is 2.45. The maximum Gasteiger partial charge on any atom is 0.326 e. The van der Waals surface area contributed by atoms with Crippen LogP contribution in [0.15, 0.2) is 0 Å². The summed E-state index contributed by atoms with van der Waals surface area (Å²) >= 11 is 0. The molecular formula is C13H22N2O5. The number of carboxylic acids is 2. The van der Waals surface area contributed by atoms with Crippen LogP contribution >= 0.6 is 0 Å². The van der Waals surface area contributed by atoms with Crippen LogP contribution in [0.25, 0.3) is 0 Å². The van der Waals surface area contributed by atoms with E-state index in [1.54, 1.807) is 0 Å². The molecular weight excluding hydrogens is 264 g/mol. The van der Waals surface area contributed by atoms with Crippen molar-refractivity contribution in [3.63, 3.8) is 0 Å². The molecule has 0 heterocycles. The number of carbonyl (C=O) groups excluding carboxylic acids is 1. The Balaban J connectivity index is 2.51. The number of hydrogen-bond donors (Lipinski definition) is 4. The molecule has 0 aromatic rings. The maximum atomic E-state index is 11.8. The number of carboxylic acid groups (broad SMARTS) is 2. The summed E-state index contributed by atoms with van der Waals surface area (Å²) in [6.07, 6.45) is 4.57. The fraction of sp³-hybridized carbons (Fsp3) is 0.769. The van der Waals surface area contributed by atoms with Crippen molar-refractivity contribution in [3.8, 4) is 0 Å². The molecule has 0 bridgehead atoms. The lowest BCUT2D eigenvalue weighted by atomic mass is 9.97. The van der Waals surface area contributed by atoms with Gasteiger partial charge in [-0.15, -0.1) is 0 Å². The summed E-state index contributed by atoms with van der Waals surface area (Å²) in [6.45, 7) is 2.06. The number of aliphatic carboxylic acids is 2. The standard InChI is InChI=1S/C13H22N2O5/c1-8-5-3-2-4-6-9(8)14-13(20)15-10(12(18)19)7-11(16)17/h8-10H,2-7H2,1H3,(H,16,17)(H,18,19)(H2,14,15,20)/t8?,9?,10-/m0/s1. The zero-order valence-electron chi connectivity index (χ0n) is 11.6. The van der Waals surface area contributed by atoms with E-state index >= 15 is 0 Å². The molecule has 0 radical (unpaired) electrons. The second-order valence-electron chi connectivity index (χ2n) is 5.33. The fourth-order valence-electron chi connectivity index (χ4n) is 2.45. The molecule has 0 spiro atoms. The highest BCUT2D eigenvalue weighted by Crippen LogP contribution is 2.22. The molecule has 0 aromatic carbocycles. The average molecular weight is 286 g/mol. The monoisotopic (exact) mass is 286 g/mol. The van der Waals surface area contributed by atoms with Crippen molar-refractivity contribution >= 4 is 18.0 Å². The molecule has 2 amide bonds. The van der Waals surface area contributed by atoms with Gasteiger partial charge in [0.25, 0.3) is 0 Å². The molecule has 1 saturated carbocycles. The van der Waals surface area contributed by atoms with E-state index in [1.807, 2.05) is 0 Å². The molecule has 1 fully saturated rings. The normalized spacial score (nSPS) is 24.2. The molecule has 3 atom stereocenters. The van der Waals surface area contributed by atoms with E-state index in [0.717, 1.165) is 32.1 Å². The van der Waals surface area contributed by atoms with Crippen LogP contribution in [0, 0.1) is 5.92 Å². The summed E-state index contributed by atoms with van der Waals surface area (Å²) in [5.41, 5.74) is 0. The van der Waals surface area contributed by atoms with Crippen molar-refractivity contribution in [2.75, 3.05) is 0 Å². The molecule has 114 valence electrons. The second kappa shape index (κ2) is 7.72. The van der Waals surface area contributed by atoms with Crippen molar-refractivity contribution in [2.45, 2.75) is 57.5 Å². The van der Waals surface area contributed by atoms with E-state index in [1.165, 1.54) is 0 Å². The number of carbonyl (C=O) groups is 3. The number of rotatable bonds is 5. The molecule has 1 aliphatic carbocycles. The average Bonchev–Trinajstić information content (AvgIpc) is 2.53. The summed E-state index contributed by atoms with van der Waals surface area (Å²) in [5.74, 6) is -2.27. The van der Waals surface area contributed by atoms with Crippen molar-refractivity contribution in [3.05, 3.63) is 0 Å². The number of hydrogen-bond acceptors (Lipinski definition) is 3. The Morgan fingerprint density at radius 1 is 1.15 bits per heavy atom. The van der Waals surface area contributed by atoms with Gasteiger partial charge >= 0.3 is 18.0 Å². The predicted molar refractivity (Wildman–Crippen MR) is 71.4 cm³/mol. The van der Waals surface area contributed by atoms with Crippen LogP contribution in [0.5, 0.6) is 0 Å². The van der Waals surface area contributed by atoms with E-state index in [9.17, 15) is 14.4 Å². The first-order valence-corrected chi connectivity index (χ1v) is 6.91. The van der Waals surface area contributed by atoms with Gasteiger partial charge in [-0.25, -0.2) is 9.59 Å². The van der Waals surface area contributed by atoms with E-state index in [-0.39, 0.29) is 6.04 Å². The second-order valence-corrected chi connectivity index (χ2v) is 5.33. The lowest BCUT2D eigenvalue weighted by molar-refractivity contribution is -0.145. The van der Waals surface area contributed by atoms with E-state index < -0.39 is 30.4 Å². The SMILES string of the molecule is CC1CCCCCC1NC(=O)N[C@@H](CC(=O)O)C(=O)O. The number of urea groups is 1. The Morgan fingerprint density at radius 3 is 2.40 bits per heavy atom. The quantitative estimate of drug-likeness (QED) is 0.566. The Hall–Kier alpha value is -1.79. The van der Waals surface area contributed by atoms with Gasteiger partial charge in [0.05, 0.1) is 6.42 Å². The van der Waals surface area contributed by atoms with E-state index in [0.29, 0.717) is 5.92 Å². The predicted octanol–water partition coefficient (Wildman–Crippen LogP) is 1.18. The lowest BCUT2D eigenvalue weighted by Crippen LogP contribution is -2.50. The van der Waals surface area contributed by atoms with Crippen LogP contribution in [-0.4, -0.2) is 40.3 Å². The van der Waals surface area contributed by atoms with Crippen molar-refractivity contribution in [1.82, 2.24) is 10.6 Å². The topological polar surface area (TPSA) is 116 Å². The summed E-state index contributed by atoms with van der Waals surface area (Å²) in [5, 5.41) is 22.4. The first-order chi connectivity index (χ1) is 9.40. The van der Waals surface area contributed by atoms with E-state index in [4.69, 9.17) is 10.2 Å².